The number of hydrogen-bond acceptors (Lipinski definition) is 2. The Hall–Kier alpha value is -0.560. The average Bonchev–Trinajstić information content (AvgIpc) is 2.13. The molecule has 0 aliphatic carbocycles. The van der Waals surface area contributed by atoms with Gasteiger partial charge in [-0.15, -0.1) is 0 Å². The fraction of sp³-hybridized carbons (Fsp3) is 0.333. The molecule has 1 aromatic carbocycles. The molecule has 0 saturated carbocycles. The second kappa shape index (κ2) is 5.18. The van der Waals surface area contributed by atoms with E-state index in [-0.39, 0.29) is 10.6 Å². The monoisotopic (exact) mass is 315 g/mol. The zero-order chi connectivity index (χ0) is 12.3. The van der Waals surface area contributed by atoms with Crippen molar-refractivity contribution >= 4 is 32.4 Å². The van der Waals surface area contributed by atoms with Gasteiger partial charge in [0.1, 0.15) is 0 Å². The summed E-state index contributed by atoms with van der Waals surface area (Å²) in [6.07, 6.45) is -5.37. The molecule has 0 radical (unpaired) electrons. The number of nitrogens with two attached hydrogens (primary N) is 1. The van der Waals surface area contributed by atoms with Crippen LogP contribution in [0.5, 0.6) is 0 Å². The number of hydrogen-bond donors (Lipinski definition) is 1. The van der Waals surface area contributed by atoms with E-state index >= 15 is 0 Å². The second-order valence-electron chi connectivity index (χ2n) is 3.10. The molecule has 0 heterocycles. The van der Waals surface area contributed by atoms with Gasteiger partial charge in [-0.25, -0.2) is 0 Å². The van der Waals surface area contributed by atoms with Gasteiger partial charge in [-0.2, -0.15) is 13.2 Å². The summed E-state index contributed by atoms with van der Waals surface area (Å²) in [6.45, 7) is 0. The summed E-state index contributed by atoms with van der Waals surface area (Å²) in [5.41, 5.74) is 5.79. The number of alkyl halides is 3. The van der Waals surface area contributed by atoms with Crippen LogP contribution in [0.4, 0.5) is 18.9 Å². The molecular weight excluding hydrogens is 307 g/mol. The Labute approximate surface area is 102 Å². The highest BCUT2D eigenvalue weighted by Crippen LogP contribution is 2.25. The molecular formula is C9H9BrF3NOS. The predicted molar refractivity (Wildman–Crippen MR) is 60.5 cm³/mol. The topological polar surface area (TPSA) is 43.1 Å². The Bertz CT molecular complexity index is 408. The van der Waals surface area contributed by atoms with Crippen LogP contribution in [0.3, 0.4) is 0 Å². The van der Waals surface area contributed by atoms with Crippen molar-refractivity contribution in [2.75, 3.05) is 11.5 Å². The van der Waals surface area contributed by atoms with Gasteiger partial charge in [-0.1, -0.05) is 15.9 Å². The van der Waals surface area contributed by atoms with Crippen LogP contribution in [-0.2, 0) is 10.8 Å². The third kappa shape index (κ3) is 4.13. The number of halogens is 4. The Morgan fingerprint density at radius 1 is 1.38 bits per heavy atom. The molecule has 1 atom stereocenters. The molecule has 1 rings (SSSR count). The summed E-state index contributed by atoms with van der Waals surface area (Å²) in [7, 11) is -1.72. The lowest BCUT2D eigenvalue weighted by molar-refractivity contribution is -0.129. The first-order chi connectivity index (χ1) is 7.29. The van der Waals surface area contributed by atoms with Crippen LogP contribution < -0.4 is 5.73 Å². The summed E-state index contributed by atoms with van der Waals surface area (Å²) < 4.78 is 48.0. The van der Waals surface area contributed by atoms with Gasteiger partial charge >= 0.3 is 6.18 Å². The number of benzene rings is 1. The molecule has 0 bridgehead atoms. The van der Waals surface area contributed by atoms with Crippen molar-refractivity contribution in [2.24, 2.45) is 0 Å². The Balaban J connectivity index is 2.74. The van der Waals surface area contributed by atoms with Crippen molar-refractivity contribution in [1.82, 2.24) is 0 Å². The predicted octanol–water partition coefficient (Wildman–Crippen LogP) is 3.09. The second-order valence-corrected chi connectivity index (χ2v) is 5.55. The SMILES string of the molecule is Nc1cc(Br)ccc1S(=O)CCC(F)(F)F. The van der Waals surface area contributed by atoms with Crippen LogP contribution in [0.15, 0.2) is 27.6 Å². The van der Waals surface area contributed by atoms with Gasteiger partial charge in [-0.05, 0) is 18.2 Å². The lowest BCUT2D eigenvalue weighted by Gasteiger charge is -2.08. The highest BCUT2D eigenvalue weighted by molar-refractivity contribution is 9.10. The van der Waals surface area contributed by atoms with Crippen molar-refractivity contribution in [3.63, 3.8) is 0 Å². The van der Waals surface area contributed by atoms with E-state index in [2.05, 4.69) is 15.9 Å². The Morgan fingerprint density at radius 2 is 2.00 bits per heavy atom. The molecule has 7 heteroatoms. The van der Waals surface area contributed by atoms with Gasteiger partial charge in [0.25, 0.3) is 0 Å². The molecule has 0 aromatic heterocycles. The maximum Gasteiger partial charge on any atom is 0.390 e. The molecule has 16 heavy (non-hydrogen) atoms. The molecule has 1 unspecified atom stereocenters. The maximum absolute atomic E-state index is 11.9. The standard InChI is InChI=1S/C9H9BrF3NOS/c10-6-1-2-8(7(14)5-6)16(15)4-3-9(11,12)13/h1-2,5H,3-4,14H2. The summed E-state index contributed by atoms with van der Waals surface area (Å²) in [5.74, 6) is -0.463. The lowest BCUT2D eigenvalue weighted by Crippen LogP contribution is -2.13. The first-order valence-electron chi connectivity index (χ1n) is 4.30. The molecule has 0 spiro atoms. The normalized spacial score (nSPS) is 13.8. The van der Waals surface area contributed by atoms with Crippen molar-refractivity contribution in [1.29, 1.82) is 0 Å². The molecule has 2 N–H and O–H groups in total. The van der Waals surface area contributed by atoms with Crippen LogP contribution in [-0.4, -0.2) is 16.1 Å². The molecule has 0 aliphatic rings. The van der Waals surface area contributed by atoms with Crippen molar-refractivity contribution in [3.8, 4) is 0 Å². The summed E-state index contributed by atoms with van der Waals surface area (Å²) >= 11 is 3.16. The fourth-order valence-electron chi connectivity index (χ4n) is 1.05. The molecule has 0 fully saturated rings. The van der Waals surface area contributed by atoms with Crippen molar-refractivity contribution in [3.05, 3.63) is 22.7 Å². The minimum atomic E-state index is -4.29. The van der Waals surface area contributed by atoms with Gasteiger partial charge in [-0.3, -0.25) is 4.21 Å². The van der Waals surface area contributed by atoms with E-state index in [1.54, 1.807) is 6.07 Å². The molecule has 2 nitrogen and oxygen atoms in total. The Kier molecular flexibility index (Phi) is 4.37. The minimum absolute atomic E-state index is 0.231. The molecule has 0 amide bonds. The zero-order valence-electron chi connectivity index (χ0n) is 8.05. The van der Waals surface area contributed by atoms with Crippen LogP contribution in [0.1, 0.15) is 6.42 Å². The van der Waals surface area contributed by atoms with Gasteiger partial charge in [0.2, 0.25) is 0 Å². The summed E-state index contributed by atoms with van der Waals surface area (Å²) in [5, 5.41) is 0. The van der Waals surface area contributed by atoms with Crippen LogP contribution in [0, 0.1) is 0 Å². The largest absolute Gasteiger partial charge is 0.398 e. The Morgan fingerprint density at radius 3 is 2.50 bits per heavy atom. The van der Waals surface area contributed by atoms with Crippen molar-refractivity contribution < 1.29 is 17.4 Å². The van der Waals surface area contributed by atoms with E-state index < -0.39 is 29.1 Å². The smallest absolute Gasteiger partial charge is 0.390 e. The van der Waals surface area contributed by atoms with E-state index in [1.807, 2.05) is 0 Å². The van der Waals surface area contributed by atoms with E-state index in [0.717, 1.165) is 0 Å². The highest BCUT2D eigenvalue weighted by atomic mass is 79.9. The summed E-state index contributed by atoms with van der Waals surface area (Å²) in [6, 6.07) is 4.57. The summed E-state index contributed by atoms with van der Waals surface area (Å²) in [4.78, 5) is 0.243. The van der Waals surface area contributed by atoms with Gasteiger partial charge in [0.15, 0.2) is 0 Å². The quantitative estimate of drug-likeness (QED) is 0.871. The van der Waals surface area contributed by atoms with Gasteiger partial charge < -0.3 is 5.73 Å². The minimum Gasteiger partial charge on any atom is -0.398 e. The fourth-order valence-corrected chi connectivity index (χ4v) is 2.60. The number of nitrogen functional groups attached to an aromatic ring is 1. The first kappa shape index (κ1) is 13.5. The average molecular weight is 316 g/mol. The zero-order valence-corrected chi connectivity index (χ0v) is 10.5. The molecule has 1 aromatic rings. The van der Waals surface area contributed by atoms with E-state index in [0.29, 0.717) is 4.47 Å². The van der Waals surface area contributed by atoms with Crippen LogP contribution in [0.2, 0.25) is 0 Å². The van der Waals surface area contributed by atoms with Crippen LogP contribution >= 0.6 is 15.9 Å². The molecule has 0 saturated heterocycles. The third-order valence-electron chi connectivity index (χ3n) is 1.79. The van der Waals surface area contributed by atoms with E-state index in [9.17, 15) is 17.4 Å². The lowest BCUT2D eigenvalue weighted by atomic mass is 10.3. The van der Waals surface area contributed by atoms with Gasteiger partial charge in [0, 0.05) is 15.9 Å². The number of anilines is 1. The van der Waals surface area contributed by atoms with Gasteiger partial charge in [0.05, 0.1) is 22.1 Å². The first-order valence-corrected chi connectivity index (χ1v) is 6.41. The molecule has 0 aliphatic heterocycles. The van der Waals surface area contributed by atoms with Crippen LogP contribution in [0.25, 0.3) is 0 Å². The van der Waals surface area contributed by atoms with Crippen molar-refractivity contribution in [2.45, 2.75) is 17.5 Å². The highest BCUT2D eigenvalue weighted by Gasteiger charge is 2.28. The molecule has 90 valence electrons. The number of rotatable bonds is 3. The third-order valence-corrected chi connectivity index (χ3v) is 3.72. The van der Waals surface area contributed by atoms with E-state index in [4.69, 9.17) is 5.73 Å². The van der Waals surface area contributed by atoms with E-state index in [1.165, 1.54) is 12.1 Å². The maximum atomic E-state index is 11.9.